The molecule has 3 rings (SSSR count). The SMILES string of the molecule is Cc1ccc(C(F)(F)F)c(-c2ccc(NC(=O)c3ccno3)cc2)c1. The fourth-order valence-electron chi connectivity index (χ4n) is 2.40. The van der Waals surface area contributed by atoms with Crippen molar-refractivity contribution in [1.82, 2.24) is 5.16 Å². The van der Waals surface area contributed by atoms with Gasteiger partial charge in [0.15, 0.2) is 0 Å². The van der Waals surface area contributed by atoms with Gasteiger partial charge >= 0.3 is 6.18 Å². The molecule has 1 N–H and O–H groups in total. The maximum atomic E-state index is 13.2. The Balaban J connectivity index is 1.88. The fraction of sp³-hybridized carbons (Fsp3) is 0.111. The predicted molar refractivity (Wildman–Crippen MR) is 86.1 cm³/mol. The molecule has 1 aromatic heterocycles. The van der Waals surface area contributed by atoms with E-state index in [1.54, 1.807) is 6.92 Å². The molecule has 0 saturated heterocycles. The zero-order valence-corrected chi connectivity index (χ0v) is 13.1. The Bertz CT molecular complexity index is 886. The van der Waals surface area contributed by atoms with E-state index in [0.29, 0.717) is 11.3 Å². The molecule has 0 unspecified atom stereocenters. The Kier molecular flexibility index (Phi) is 4.31. The Morgan fingerprint density at radius 3 is 2.40 bits per heavy atom. The third-order valence-electron chi connectivity index (χ3n) is 3.60. The number of nitrogens with zero attached hydrogens (tertiary/aromatic N) is 1. The minimum absolute atomic E-state index is 0.0436. The smallest absolute Gasteiger partial charge is 0.351 e. The molecule has 0 aliphatic carbocycles. The van der Waals surface area contributed by atoms with Crippen LogP contribution in [-0.4, -0.2) is 11.1 Å². The number of hydrogen-bond donors (Lipinski definition) is 1. The van der Waals surface area contributed by atoms with Crippen molar-refractivity contribution in [3.8, 4) is 11.1 Å². The van der Waals surface area contributed by atoms with Gasteiger partial charge in [-0.15, -0.1) is 0 Å². The van der Waals surface area contributed by atoms with E-state index in [4.69, 9.17) is 4.52 Å². The lowest BCUT2D eigenvalue weighted by Crippen LogP contribution is -2.10. The number of aromatic nitrogens is 1. The molecular formula is C18H13F3N2O2. The van der Waals surface area contributed by atoms with Crippen LogP contribution in [0.3, 0.4) is 0 Å². The van der Waals surface area contributed by atoms with Gasteiger partial charge in [-0.1, -0.05) is 35.0 Å². The highest BCUT2D eigenvalue weighted by Crippen LogP contribution is 2.37. The van der Waals surface area contributed by atoms with Gasteiger partial charge in [0.05, 0.1) is 11.8 Å². The molecule has 0 radical (unpaired) electrons. The molecule has 128 valence electrons. The first kappa shape index (κ1) is 16.8. The van der Waals surface area contributed by atoms with Crippen LogP contribution >= 0.6 is 0 Å². The summed E-state index contributed by atoms with van der Waals surface area (Å²) in [6, 6.07) is 11.5. The van der Waals surface area contributed by atoms with Gasteiger partial charge in [-0.25, -0.2) is 0 Å². The second-order valence-corrected chi connectivity index (χ2v) is 5.45. The van der Waals surface area contributed by atoms with Crippen molar-refractivity contribution in [3.05, 3.63) is 71.6 Å². The van der Waals surface area contributed by atoms with Gasteiger partial charge in [0.2, 0.25) is 5.76 Å². The summed E-state index contributed by atoms with van der Waals surface area (Å²) in [4.78, 5) is 11.9. The summed E-state index contributed by atoms with van der Waals surface area (Å²) in [6.07, 6.45) is -3.10. The average Bonchev–Trinajstić information content (AvgIpc) is 3.09. The van der Waals surface area contributed by atoms with Gasteiger partial charge in [-0.05, 0) is 36.2 Å². The van der Waals surface area contributed by atoms with Gasteiger partial charge in [0, 0.05) is 11.8 Å². The Hall–Kier alpha value is -3.09. The first-order valence-corrected chi connectivity index (χ1v) is 7.35. The number of carbonyl (C=O) groups excluding carboxylic acids is 1. The minimum Gasteiger partial charge on any atom is -0.351 e. The third-order valence-corrected chi connectivity index (χ3v) is 3.60. The number of carbonyl (C=O) groups is 1. The molecule has 2 aromatic carbocycles. The van der Waals surface area contributed by atoms with Crippen molar-refractivity contribution in [1.29, 1.82) is 0 Å². The van der Waals surface area contributed by atoms with Crippen LogP contribution < -0.4 is 5.32 Å². The van der Waals surface area contributed by atoms with E-state index in [2.05, 4.69) is 10.5 Å². The Morgan fingerprint density at radius 1 is 1.08 bits per heavy atom. The molecule has 1 heterocycles. The minimum atomic E-state index is -4.44. The number of anilines is 1. The maximum absolute atomic E-state index is 13.2. The summed E-state index contributed by atoms with van der Waals surface area (Å²) < 4.78 is 44.3. The normalized spacial score (nSPS) is 11.4. The molecule has 0 atom stereocenters. The van der Waals surface area contributed by atoms with E-state index in [1.165, 1.54) is 48.7 Å². The second-order valence-electron chi connectivity index (χ2n) is 5.45. The molecule has 0 saturated carbocycles. The lowest BCUT2D eigenvalue weighted by molar-refractivity contribution is -0.137. The van der Waals surface area contributed by atoms with Crippen LogP contribution in [-0.2, 0) is 6.18 Å². The van der Waals surface area contributed by atoms with Gasteiger partial charge in [0.25, 0.3) is 5.91 Å². The topological polar surface area (TPSA) is 55.1 Å². The second kappa shape index (κ2) is 6.43. The van der Waals surface area contributed by atoms with E-state index >= 15 is 0 Å². The summed E-state index contributed by atoms with van der Waals surface area (Å²) >= 11 is 0. The van der Waals surface area contributed by atoms with E-state index in [-0.39, 0.29) is 11.3 Å². The zero-order chi connectivity index (χ0) is 18.0. The van der Waals surface area contributed by atoms with Crippen molar-refractivity contribution in [3.63, 3.8) is 0 Å². The lowest BCUT2D eigenvalue weighted by atomic mass is 9.97. The lowest BCUT2D eigenvalue weighted by Gasteiger charge is -2.14. The van der Waals surface area contributed by atoms with Crippen molar-refractivity contribution in [2.45, 2.75) is 13.1 Å². The number of halogens is 3. The third kappa shape index (κ3) is 3.71. The number of nitrogens with one attached hydrogen (secondary N) is 1. The quantitative estimate of drug-likeness (QED) is 0.732. The molecule has 1 amide bonds. The van der Waals surface area contributed by atoms with Gasteiger partial charge < -0.3 is 9.84 Å². The predicted octanol–water partition coefficient (Wildman–Crippen LogP) is 4.92. The van der Waals surface area contributed by atoms with Crippen LogP contribution in [0.25, 0.3) is 11.1 Å². The number of alkyl halides is 3. The molecule has 3 aromatic rings. The average molecular weight is 346 g/mol. The molecule has 25 heavy (non-hydrogen) atoms. The summed E-state index contributed by atoms with van der Waals surface area (Å²) in [5.41, 5.74) is 0.975. The maximum Gasteiger partial charge on any atom is 0.417 e. The van der Waals surface area contributed by atoms with E-state index in [9.17, 15) is 18.0 Å². The monoisotopic (exact) mass is 346 g/mol. The fourth-order valence-corrected chi connectivity index (χ4v) is 2.40. The van der Waals surface area contributed by atoms with Crippen LogP contribution in [0.15, 0.2) is 59.3 Å². The van der Waals surface area contributed by atoms with Crippen molar-refractivity contribution in [2.75, 3.05) is 5.32 Å². The number of hydrogen-bond acceptors (Lipinski definition) is 3. The highest BCUT2D eigenvalue weighted by molar-refractivity contribution is 6.02. The molecule has 4 nitrogen and oxygen atoms in total. The molecule has 0 aliphatic rings. The first-order valence-electron chi connectivity index (χ1n) is 7.35. The van der Waals surface area contributed by atoms with Crippen molar-refractivity contribution in [2.24, 2.45) is 0 Å². The molecular weight excluding hydrogens is 333 g/mol. The van der Waals surface area contributed by atoms with Gasteiger partial charge in [-0.3, -0.25) is 4.79 Å². The largest absolute Gasteiger partial charge is 0.417 e. The molecule has 7 heteroatoms. The van der Waals surface area contributed by atoms with Crippen LogP contribution in [0.5, 0.6) is 0 Å². The van der Waals surface area contributed by atoms with Gasteiger partial charge in [0.1, 0.15) is 0 Å². The summed E-state index contributed by atoms with van der Waals surface area (Å²) in [5.74, 6) is -0.445. The van der Waals surface area contributed by atoms with Crippen molar-refractivity contribution >= 4 is 11.6 Å². The van der Waals surface area contributed by atoms with E-state index in [1.807, 2.05) is 0 Å². The Morgan fingerprint density at radius 2 is 1.80 bits per heavy atom. The van der Waals surface area contributed by atoms with Crippen LogP contribution in [0.2, 0.25) is 0 Å². The number of aryl methyl sites for hydroxylation is 1. The highest BCUT2D eigenvalue weighted by Gasteiger charge is 2.33. The first-order chi connectivity index (χ1) is 11.8. The molecule has 0 bridgehead atoms. The number of amides is 1. The summed E-state index contributed by atoms with van der Waals surface area (Å²) in [7, 11) is 0. The van der Waals surface area contributed by atoms with E-state index < -0.39 is 17.6 Å². The summed E-state index contributed by atoms with van der Waals surface area (Å²) in [5, 5.41) is 6.02. The summed E-state index contributed by atoms with van der Waals surface area (Å²) in [6.45, 7) is 1.73. The van der Waals surface area contributed by atoms with Crippen molar-refractivity contribution < 1.29 is 22.5 Å². The zero-order valence-electron chi connectivity index (χ0n) is 13.1. The number of benzene rings is 2. The standard InChI is InChI=1S/C18H13F3N2O2/c1-11-2-7-15(18(19,20)21)14(10-11)12-3-5-13(6-4-12)23-17(24)16-8-9-22-25-16/h2-10H,1H3,(H,23,24). The molecule has 0 spiro atoms. The van der Waals surface area contributed by atoms with E-state index in [0.717, 1.165) is 11.6 Å². The van der Waals surface area contributed by atoms with Crippen LogP contribution in [0.1, 0.15) is 21.7 Å². The molecule has 0 aliphatic heterocycles. The van der Waals surface area contributed by atoms with Gasteiger partial charge in [-0.2, -0.15) is 13.2 Å². The highest BCUT2D eigenvalue weighted by atomic mass is 19.4. The van der Waals surface area contributed by atoms with Crippen LogP contribution in [0, 0.1) is 6.92 Å². The molecule has 0 fully saturated rings. The number of rotatable bonds is 3. The Labute approximate surface area is 141 Å². The van der Waals surface area contributed by atoms with Crippen LogP contribution in [0.4, 0.5) is 18.9 Å².